The Morgan fingerprint density at radius 2 is 1.79 bits per heavy atom. The second-order valence-corrected chi connectivity index (χ2v) is 4.98. The molecule has 0 radical (unpaired) electrons. The number of carboxylic acids is 2. The van der Waals surface area contributed by atoms with E-state index in [1.807, 2.05) is 0 Å². The van der Waals surface area contributed by atoms with Crippen molar-refractivity contribution in [3.8, 4) is 16.9 Å². The van der Waals surface area contributed by atoms with E-state index in [4.69, 9.17) is 5.73 Å². The third-order valence-electron chi connectivity index (χ3n) is 3.41. The molecule has 8 heteroatoms. The highest BCUT2D eigenvalue weighted by Crippen LogP contribution is 2.23. The number of nitrogens with zero attached hydrogens (tertiary/aromatic N) is 3. The maximum Gasteiger partial charge on any atom is 0.338 e. The van der Waals surface area contributed by atoms with Crippen LogP contribution in [0.3, 0.4) is 0 Å². The first kappa shape index (κ1) is 15.2. The lowest BCUT2D eigenvalue weighted by Crippen LogP contribution is -2.13. The second kappa shape index (κ2) is 5.84. The van der Waals surface area contributed by atoms with Crippen molar-refractivity contribution < 1.29 is 19.8 Å². The molecule has 0 aliphatic carbocycles. The van der Waals surface area contributed by atoms with Gasteiger partial charge in [0.05, 0.1) is 23.0 Å². The molecule has 120 valence electrons. The molecule has 4 N–H and O–H groups in total. The molecule has 0 aliphatic heterocycles. The van der Waals surface area contributed by atoms with Crippen molar-refractivity contribution in [3.63, 3.8) is 0 Å². The van der Waals surface area contributed by atoms with E-state index in [0.29, 0.717) is 16.9 Å². The van der Waals surface area contributed by atoms with Crippen molar-refractivity contribution in [1.82, 2.24) is 15.0 Å². The van der Waals surface area contributed by atoms with Crippen molar-refractivity contribution in [3.05, 3.63) is 59.8 Å². The van der Waals surface area contributed by atoms with Gasteiger partial charge in [-0.1, -0.05) is 23.4 Å². The molecule has 0 bridgehead atoms. The van der Waals surface area contributed by atoms with Crippen LogP contribution in [0.15, 0.2) is 48.7 Å². The van der Waals surface area contributed by atoms with Crippen molar-refractivity contribution in [2.45, 2.75) is 0 Å². The predicted molar refractivity (Wildman–Crippen MR) is 85.1 cm³/mol. The molecule has 2 aromatic carbocycles. The Balaban J connectivity index is 2.13. The summed E-state index contributed by atoms with van der Waals surface area (Å²) in [7, 11) is 0. The zero-order valence-electron chi connectivity index (χ0n) is 12.2. The molecule has 0 unspecified atom stereocenters. The lowest BCUT2D eigenvalue weighted by molar-refractivity contribution is 0.0651. The summed E-state index contributed by atoms with van der Waals surface area (Å²) < 4.78 is 1.23. The van der Waals surface area contributed by atoms with Crippen molar-refractivity contribution in [2.75, 3.05) is 5.73 Å². The fourth-order valence-corrected chi connectivity index (χ4v) is 2.35. The van der Waals surface area contributed by atoms with Crippen LogP contribution in [0.1, 0.15) is 20.7 Å². The lowest BCUT2D eigenvalue weighted by atomic mass is 10.1. The molecule has 3 rings (SSSR count). The van der Waals surface area contributed by atoms with Gasteiger partial charge in [-0.2, -0.15) is 0 Å². The third-order valence-corrected chi connectivity index (χ3v) is 3.41. The largest absolute Gasteiger partial charge is 0.478 e. The highest BCUT2D eigenvalue weighted by molar-refractivity contribution is 6.04. The quantitative estimate of drug-likeness (QED) is 0.624. The van der Waals surface area contributed by atoms with Gasteiger partial charge >= 0.3 is 11.9 Å². The number of carboxylic acid groups (broad SMARTS) is 2. The van der Waals surface area contributed by atoms with Crippen LogP contribution in [0.5, 0.6) is 0 Å². The molecule has 0 saturated heterocycles. The maximum absolute atomic E-state index is 11.5. The summed E-state index contributed by atoms with van der Waals surface area (Å²) in [4.78, 5) is 22.8. The van der Waals surface area contributed by atoms with E-state index in [-0.39, 0.29) is 16.8 Å². The topological polar surface area (TPSA) is 131 Å². The maximum atomic E-state index is 11.5. The minimum Gasteiger partial charge on any atom is -0.478 e. The Morgan fingerprint density at radius 3 is 2.46 bits per heavy atom. The van der Waals surface area contributed by atoms with E-state index in [0.717, 1.165) is 0 Å². The van der Waals surface area contributed by atoms with Gasteiger partial charge in [0.1, 0.15) is 5.69 Å². The summed E-state index contributed by atoms with van der Waals surface area (Å²) in [6, 6.07) is 11.1. The summed E-state index contributed by atoms with van der Waals surface area (Å²) in [5.74, 6) is -2.69. The smallest absolute Gasteiger partial charge is 0.338 e. The fourth-order valence-electron chi connectivity index (χ4n) is 2.35. The average molecular weight is 324 g/mol. The zero-order chi connectivity index (χ0) is 17.3. The average Bonchev–Trinajstić information content (AvgIpc) is 3.03. The van der Waals surface area contributed by atoms with Crippen molar-refractivity contribution in [1.29, 1.82) is 0 Å². The van der Waals surface area contributed by atoms with Gasteiger partial charge in [0, 0.05) is 11.3 Å². The van der Waals surface area contributed by atoms with Crippen molar-refractivity contribution >= 4 is 17.6 Å². The van der Waals surface area contributed by atoms with Crippen LogP contribution < -0.4 is 5.73 Å². The molecule has 1 heterocycles. The van der Waals surface area contributed by atoms with Gasteiger partial charge < -0.3 is 15.9 Å². The standard InChI is InChI=1S/C16H12N4O4/c17-10-4-1-3-9(7-10)12-8-20(19-18-12)13-6-2-5-11(15(21)22)14(13)16(23)24/h1-8H,17H2,(H,21,22)(H,23,24). The Labute approximate surface area is 135 Å². The lowest BCUT2D eigenvalue weighted by Gasteiger charge is -2.08. The van der Waals surface area contributed by atoms with Crippen LogP contribution in [0.25, 0.3) is 16.9 Å². The van der Waals surface area contributed by atoms with Crippen LogP contribution in [0.4, 0.5) is 5.69 Å². The molecular weight excluding hydrogens is 312 g/mol. The second-order valence-electron chi connectivity index (χ2n) is 4.98. The number of benzene rings is 2. The molecular formula is C16H12N4O4. The molecule has 3 aromatic rings. The molecule has 0 saturated carbocycles. The summed E-state index contributed by atoms with van der Waals surface area (Å²) in [5.41, 5.74) is 6.93. The van der Waals surface area contributed by atoms with Gasteiger partial charge in [-0.15, -0.1) is 5.10 Å². The van der Waals surface area contributed by atoms with E-state index in [1.165, 1.54) is 29.1 Å². The number of rotatable bonds is 4. The third kappa shape index (κ3) is 2.68. The monoisotopic (exact) mass is 324 g/mol. The van der Waals surface area contributed by atoms with Crippen LogP contribution in [-0.2, 0) is 0 Å². The van der Waals surface area contributed by atoms with Gasteiger partial charge in [0.2, 0.25) is 0 Å². The van der Waals surface area contributed by atoms with E-state index in [9.17, 15) is 19.8 Å². The SMILES string of the molecule is Nc1cccc(-c2cn(-c3cccc(C(=O)O)c3C(=O)O)nn2)c1. The number of aromatic carboxylic acids is 2. The minimum atomic E-state index is -1.36. The van der Waals surface area contributed by atoms with Gasteiger partial charge in [-0.05, 0) is 24.3 Å². The zero-order valence-corrected chi connectivity index (χ0v) is 12.2. The number of aromatic nitrogens is 3. The Hall–Kier alpha value is -3.68. The number of anilines is 1. The van der Waals surface area contributed by atoms with E-state index in [1.54, 1.807) is 24.3 Å². The predicted octanol–water partition coefficient (Wildman–Crippen LogP) is 1.91. The minimum absolute atomic E-state index is 0.116. The van der Waals surface area contributed by atoms with Crippen LogP contribution in [-0.4, -0.2) is 37.1 Å². The number of nitrogen functional groups attached to an aromatic ring is 1. The molecule has 0 aliphatic rings. The number of hydrogen-bond donors (Lipinski definition) is 3. The van der Waals surface area contributed by atoms with Gasteiger partial charge in [-0.25, -0.2) is 14.3 Å². The number of carbonyl (C=O) groups is 2. The Bertz CT molecular complexity index is 949. The summed E-state index contributed by atoms with van der Waals surface area (Å²) in [5, 5.41) is 26.5. The van der Waals surface area contributed by atoms with E-state index in [2.05, 4.69) is 10.3 Å². The first-order chi connectivity index (χ1) is 11.5. The molecule has 0 amide bonds. The number of hydrogen-bond acceptors (Lipinski definition) is 5. The highest BCUT2D eigenvalue weighted by atomic mass is 16.4. The van der Waals surface area contributed by atoms with Gasteiger partial charge in [-0.3, -0.25) is 0 Å². The van der Waals surface area contributed by atoms with Gasteiger partial charge in [0.15, 0.2) is 0 Å². The van der Waals surface area contributed by atoms with Crippen LogP contribution >= 0.6 is 0 Å². The Kier molecular flexibility index (Phi) is 3.70. The first-order valence-corrected chi connectivity index (χ1v) is 6.85. The summed E-state index contributed by atoms with van der Waals surface area (Å²) >= 11 is 0. The summed E-state index contributed by atoms with van der Waals surface area (Å²) in [6.45, 7) is 0. The van der Waals surface area contributed by atoms with E-state index < -0.39 is 11.9 Å². The van der Waals surface area contributed by atoms with Gasteiger partial charge in [0.25, 0.3) is 0 Å². The van der Waals surface area contributed by atoms with Crippen LogP contribution in [0, 0.1) is 0 Å². The Morgan fingerprint density at radius 1 is 1.04 bits per heavy atom. The highest BCUT2D eigenvalue weighted by Gasteiger charge is 2.21. The molecule has 0 spiro atoms. The van der Waals surface area contributed by atoms with Crippen molar-refractivity contribution in [2.24, 2.45) is 0 Å². The molecule has 24 heavy (non-hydrogen) atoms. The van der Waals surface area contributed by atoms with Crippen LogP contribution in [0.2, 0.25) is 0 Å². The molecule has 8 nitrogen and oxygen atoms in total. The van der Waals surface area contributed by atoms with E-state index >= 15 is 0 Å². The summed E-state index contributed by atoms with van der Waals surface area (Å²) in [6.07, 6.45) is 1.52. The normalized spacial score (nSPS) is 10.5. The first-order valence-electron chi connectivity index (χ1n) is 6.85. The number of nitrogens with two attached hydrogens (primary N) is 1. The fraction of sp³-hybridized carbons (Fsp3) is 0. The molecule has 1 aromatic heterocycles. The molecule has 0 atom stereocenters. The molecule has 0 fully saturated rings.